The highest BCUT2D eigenvalue weighted by Gasteiger charge is 1.91. The number of amidine groups is 1. The Balaban J connectivity index is 3.55. The summed E-state index contributed by atoms with van der Waals surface area (Å²) in [5, 5.41) is 8.39. The molecule has 54 valence electrons. The minimum Gasteiger partial charge on any atom is -0.396 e. The molecule has 3 heteroatoms. The van der Waals surface area contributed by atoms with Gasteiger partial charge in [0.15, 0.2) is 0 Å². The van der Waals surface area contributed by atoms with Gasteiger partial charge in [0.05, 0.1) is 12.4 Å². The van der Waals surface area contributed by atoms with Gasteiger partial charge in [0.25, 0.3) is 0 Å². The zero-order valence-electron chi connectivity index (χ0n) is 5.96. The minimum atomic E-state index is 0.0854. The first kappa shape index (κ1) is 8.43. The van der Waals surface area contributed by atoms with Crippen LogP contribution in [0.4, 0.5) is 0 Å². The van der Waals surface area contributed by atoms with Crippen molar-refractivity contribution in [2.24, 2.45) is 10.7 Å². The molecule has 0 aromatic heterocycles. The molecule has 0 spiro atoms. The Morgan fingerprint density at radius 3 is 2.56 bits per heavy atom. The quantitative estimate of drug-likeness (QED) is 0.421. The van der Waals surface area contributed by atoms with Crippen LogP contribution in [0.3, 0.4) is 0 Å². The maximum absolute atomic E-state index is 8.39. The summed E-state index contributed by atoms with van der Waals surface area (Å²) < 4.78 is 0. The van der Waals surface area contributed by atoms with Crippen LogP contribution >= 0.6 is 0 Å². The van der Waals surface area contributed by atoms with E-state index in [1.54, 1.807) is 0 Å². The van der Waals surface area contributed by atoms with Crippen molar-refractivity contribution in [3.8, 4) is 0 Å². The fraction of sp³-hybridized carbons (Fsp3) is 0.833. The van der Waals surface area contributed by atoms with E-state index in [0.717, 1.165) is 0 Å². The lowest BCUT2D eigenvalue weighted by Crippen LogP contribution is -2.15. The standard InChI is InChI=1S/C6H14N2O/c1-5(2)8-6(7)3-4-9/h5,9H,3-4H2,1-2H3,(H2,7,8). The van der Waals surface area contributed by atoms with Crippen molar-refractivity contribution in [2.45, 2.75) is 26.3 Å². The van der Waals surface area contributed by atoms with Crippen LogP contribution in [0.2, 0.25) is 0 Å². The van der Waals surface area contributed by atoms with Gasteiger partial charge in [-0.05, 0) is 13.8 Å². The highest BCUT2D eigenvalue weighted by Crippen LogP contribution is 1.87. The third-order valence-electron chi connectivity index (χ3n) is 0.792. The van der Waals surface area contributed by atoms with Crippen LogP contribution in [0.5, 0.6) is 0 Å². The number of nitrogens with zero attached hydrogens (tertiary/aromatic N) is 1. The van der Waals surface area contributed by atoms with Gasteiger partial charge in [-0.15, -0.1) is 0 Å². The Labute approximate surface area is 55.6 Å². The zero-order valence-corrected chi connectivity index (χ0v) is 5.96. The summed E-state index contributed by atoms with van der Waals surface area (Å²) in [4.78, 5) is 4.00. The molecular formula is C6H14N2O. The molecule has 0 rings (SSSR count). The van der Waals surface area contributed by atoms with E-state index >= 15 is 0 Å². The fourth-order valence-corrected chi connectivity index (χ4v) is 0.511. The van der Waals surface area contributed by atoms with Gasteiger partial charge in [0.2, 0.25) is 0 Å². The number of aliphatic hydroxyl groups is 1. The van der Waals surface area contributed by atoms with E-state index in [1.807, 2.05) is 13.8 Å². The molecule has 0 aliphatic heterocycles. The van der Waals surface area contributed by atoms with Gasteiger partial charge < -0.3 is 10.8 Å². The van der Waals surface area contributed by atoms with Crippen molar-refractivity contribution < 1.29 is 5.11 Å². The lowest BCUT2D eigenvalue weighted by molar-refractivity contribution is 0.306. The topological polar surface area (TPSA) is 58.6 Å². The molecule has 0 saturated heterocycles. The number of hydrogen-bond acceptors (Lipinski definition) is 2. The predicted octanol–water partition coefficient (Wildman–Crippen LogP) is 0.134. The van der Waals surface area contributed by atoms with Crippen molar-refractivity contribution >= 4 is 5.84 Å². The lowest BCUT2D eigenvalue weighted by Gasteiger charge is -1.99. The molecule has 0 saturated carbocycles. The van der Waals surface area contributed by atoms with Gasteiger partial charge in [0.1, 0.15) is 0 Å². The molecule has 0 aromatic rings. The number of aliphatic imine (C=N–C) groups is 1. The number of nitrogens with two attached hydrogens (primary N) is 1. The molecule has 0 unspecified atom stereocenters. The van der Waals surface area contributed by atoms with E-state index in [0.29, 0.717) is 12.3 Å². The van der Waals surface area contributed by atoms with Crippen LogP contribution in [0, 0.1) is 0 Å². The summed E-state index contributed by atoms with van der Waals surface area (Å²) in [5.74, 6) is 0.535. The van der Waals surface area contributed by atoms with Crippen molar-refractivity contribution in [2.75, 3.05) is 6.61 Å². The van der Waals surface area contributed by atoms with Gasteiger partial charge in [-0.2, -0.15) is 0 Å². The second-order valence-electron chi connectivity index (χ2n) is 2.19. The molecular weight excluding hydrogens is 116 g/mol. The van der Waals surface area contributed by atoms with E-state index in [1.165, 1.54) is 0 Å². The second-order valence-corrected chi connectivity index (χ2v) is 2.19. The van der Waals surface area contributed by atoms with Gasteiger partial charge in [-0.3, -0.25) is 4.99 Å². The summed E-state index contributed by atoms with van der Waals surface area (Å²) in [6, 6.07) is 0.233. The Hall–Kier alpha value is -0.570. The summed E-state index contributed by atoms with van der Waals surface area (Å²) >= 11 is 0. The normalized spacial score (nSPS) is 12.7. The van der Waals surface area contributed by atoms with E-state index in [4.69, 9.17) is 10.8 Å². The van der Waals surface area contributed by atoms with Gasteiger partial charge >= 0.3 is 0 Å². The number of rotatable bonds is 3. The van der Waals surface area contributed by atoms with Crippen molar-refractivity contribution in [3.63, 3.8) is 0 Å². The molecule has 0 bridgehead atoms. The first-order chi connectivity index (χ1) is 4.16. The van der Waals surface area contributed by atoms with Crippen LogP contribution in [-0.4, -0.2) is 23.6 Å². The average Bonchev–Trinajstić information content (AvgIpc) is 1.63. The zero-order chi connectivity index (χ0) is 7.28. The van der Waals surface area contributed by atoms with E-state index in [9.17, 15) is 0 Å². The smallest absolute Gasteiger partial charge is 0.0963 e. The second kappa shape index (κ2) is 4.32. The maximum Gasteiger partial charge on any atom is 0.0963 e. The van der Waals surface area contributed by atoms with Crippen molar-refractivity contribution in [1.29, 1.82) is 0 Å². The first-order valence-corrected chi connectivity index (χ1v) is 3.09. The Kier molecular flexibility index (Phi) is 4.05. The molecule has 0 amide bonds. The van der Waals surface area contributed by atoms with Crippen molar-refractivity contribution in [3.05, 3.63) is 0 Å². The Bertz CT molecular complexity index is 99.2. The summed E-state index contributed by atoms with van der Waals surface area (Å²) in [5.41, 5.74) is 5.38. The van der Waals surface area contributed by atoms with E-state index < -0.39 is 0 Å². The SMILES string of the molecule is CC(C)N=C(N)CCO. The molecule has 3 nitrogen and oxygen atoms in total. The monoisotopic (exact) mass is 130 g/mol. The predicted molar refractivity (Wildman–Crippen MR) is 38.5 cm³/mol. The summed E-state index contributed by atoms with van der Waals surface area (Å²) in [7, 11) is 0. The molecule has 0 fully saturated rings. The van der Waals surface area contributed by atoms with Crippen LogP contribution in [0.15, 0.2) is 4.99 Å². The largest absolute Gasteiger partial charge is 0.396 e. The van der Waals surface area contributed by atoms with Gasteiger partial charge in [-0.1, -0.05) is 0 Å². The Morgan fingerprint density at radius 2 is 2.22 bits per heavy atom. The molecule has 0 aromatic carbocycles. The maximum atomic E-state index is 8.39. The van der Waals surface area contributed by atoms with Gasteiger partial charge in [-0.25, -0.2) is 0 Å². The summed E-state index contributed by atoms with van der Waals surface area (Å²) in [6.45, 7) is 3.98. The highest BCUT2D eigenvalue weighted by molar-refractivity contribution is 5.80. The molecule has 0 aliphatic carbocycles. The molecule has 0 aliphatic rings. The lowest BCUT2D eigenvalue weighted by atomic mass is 10.4. The van der Waals surface area contributed by atoms with Crippen LogP contribution in [-0.2, 0) is 0 Å². The third-order valence-corrected chi connectivity index (χ3v) is 0.792. The fourth-order valence-electron chi connectivity index (χ4n) is 0.511. The first-order valence-electron chi connectivity index (χ1n) is 3.09. The molecule has 0 atom stereocenters. The van der Waals surface area contributed by atoms with Gasteiger partial charge in [0, 0.05) is 12.5 Å². The van der Waals surface area contributed by atoms with E-state index in [-0.39, 0.29) is 12.6 Å². The number of hydrogen-bond donors (Lipinski definition) is 2. The minimum absolute atomic E-state index is 0.0854. The summed E-state index contributed by atoms with van der Waals surface area (Å²) in [6.07, 6.45) is 0.484. The molecule has 3 N–H and O–H groups in total. The highest BCUT2D eigenvalue weighted by atomic mass is 16.3. The average molecular weight is 130 g/mol. The molecule has 9 heavy (non-hydrogen) atoms. The van der Waals surface area contributed by atoms with Crippen molar-refractivity contribution in [1.82, 2.24) is 0 Å². The van der Waals surface area contributed by atoms with Crippen LogP contribution < -0.4 is 5.73 Å². The Morgan fingerprint density at radius 1 is 1.67 bits per heavy atom. The van der Waals surface area contributed by atoms with Crippen LogP contribution in [0.1, 0.15) is 20.3 Å². The third kappa shape index (κ3) is 5.30. The molecule has 0 radical (unpaired) electrons. The van der Waals surface area contributed by atoms with E-state index in [2.05, 4.69) is 4.99 Å². The van der Waals surface area contributed by atoms with Crippen LogP contribution in [0.25, 0.3) is 0 Å². The number of aliphatic hydroxyl groups excluding tert-OH is 1. The molecule has 0 heterocycles.